The number of aromatic nitrogens is 4. The first kappa shape index (κ1) is 42.9. The molecular weight excluding hydrogens is 842 g/mol. The van der Waals surface area contributed by atoms with Gasteiger partial charge in [0.25, 0.3) is 11.8 Å². The van der Waals surface area contributed by atoms with E-state index in [0.29, 0.717) is 95.2 Å². The molecule has 65 heavy (non-hydrogen) atoms. The van der Waals surface area contributed by atoms with Crippen LogP contribution in [0.2, 0.25) is 0 Å². The molecule has 14 nitrogen and oxygen atoms in total. The number of fused-ring (bicyclic) bond motifs is 3. The Balaban J connectivity index is 0.957. The van der Waals surface area contributed by atoms with E-state index in [1.165, 1.54) is 14.2 Å². The average Bonchev–Trinajstić information content (AvgIpc) is 4.18. The van der Waals surface area contributed by atoms with Crippen molar-refractivity contribution in [2.75, 3.05) is 27.3 Å². The molecule has 9 rings (SSSR count). The molecule has 2 saturated heterocycles. The van der Waals surface area contributed by atoms with Crippen molar-refractivity contribution in [2.24, 2.45) is 0 Å². The predicted molar refractivity (Wildman–Crippen MR) is 232 cm³/mol. The number of hydrogen-bond donors (Lipinski definition) is 4. The smallest absolute Gasteiger partial charge is 0.407 e. The number of alkyl carbamates (subject to hydrolysis) is 2. The minimum atomic E-state index is -4.63. The lowest BCUT2D eigenvalue weighted by Gasteiger charge is -2.28. The van der Waals surface area contributed by atoms with E-state index in [-0.39, 0.29) is 22.9 Å². The maximum absolute atomic E-state index is 15.2. The molecule has 4 N–H and O–H groups in total. The van der Waals surface area contributed by atoms with Gasteiger partial charge in [-0.25, -0.2) is 19.6 Å². The molecule has 4 amide bonds. The number of carbonyl (C=O) groups is 4. The Hall–Kier alpha value is -7.43. The van der Waals surface area contributed by atoms with Crippen molar-refractivity contribution in [3.8, 4) is 33.6 Å². The molecule has 0 bridgehead atoms. The third-order valence-corrected chi connectivity index (χ3v) is 12.5. The van der Waals surface area contributed by atoms with Gasteiger partial charge in [-0.3, -0.25) is 9.59 Å². The number of benzene rings is 4. The van der Waals surface area contributed by atoms with Crippen LogP contribution < -0.4 is 10.6 Å². The molecule has 4 heterocycles. The molecule has 334 valence electrons. The highest BCUT2D eigenvalue weighted by molar-refractivity contribution is 5.89. The Kier molecular flexibility index (Phi) is 11.6. The number of aromatic amines is 2. The molecule has 0 spiro atoms. The molecule has 4 atom stereocenters. The molecule has 0 radical (unpaired) electrons. The van der Waals surface area contributed by atoms with E-state index in [4.69, 9.17) is 9.47 Å². The fourth-order valence-corrected chi connectivity index (χ4v) is 9.44. The Morgan fingerprint density at radius 1 is 0.646 bits per heavy atom. The third kappa shape index (κ3) is 8.29. The van der Waals surface area contributed by atoms with E-state index in [9.17, 15) is 19.2 Å². The standard InChI is InChI=1S/C48H45F3N8O6/c1-64-46(62)56-40(27-11-5-3-6-12-27)44(60)58-21-9-15-37(58)42-52-25-35(54-42)29-17-19-31-32-20-18-30(24-34(32)39(33(31)23-29)48(49,50)51)36-26-53-43(55-36)38-16-10-22-59(38)45(61)41(57-47(63)65-2)28-13-7-4-8-14-28/h3-8,11-14,17-20,23-26,37-41H,9-10,15-16,21-22H2,1-2H3,(H,52,54)(H,53,55)(H,56,62)(H,57,63)/t37-,38-,40-,41-/m1/s1. The predicted octanol–water partition coefficient (Wildman–Crippen LogP) is 8.66. The Morgan fingerprint density at radius 2 is 1.06 bits per heavy atom. The first-order chi connectivity index (χ1) is 31.4. The highest BCUT2D eigenvalue weighted by atomic mass is 19.4. The van der Waals surface area contributed by atoms with Crippen molar-refractivity contribution in [1.82, 2.24) is 40.4 Å². The van der Waals surface area contributed by atoms with Gasteiger partial charge in [0, 0.05) is 13.1 Å². The number of ether oxygens (including phenoxy) is 2. The molecule has 3 aliphatic rings. The zero-order chi connectivity index (χ0) is 45.4. The number of H-pyrrole nitrogens is 2. The monoisotopic (exact) mass is 886 g/mol. The van der Waals surface area contributed by atoms with Gasteiger partial charge < -0.3 is 39.9 Å². The van der Waals surface area contributed by atoms with Crippen molar-refractivity contribution in [3.63, 3.8) is 0 Å². The molecule has 0 saturated carbocycles. The summed E-state index contributed by atoms with van der Waals surface area (Å²) < 4.78 is 55.3. The Bertz CT molecular complexity index is 2560. The maximum Gasteiger partial charge on any atom is 0.407 e. The van der Waals surface area contributed by atoms with Gasteiger partial charge in [-0.1, -0.05) is 84.9 Å². The van der Waals surface area contributed by atoms with Gasteiger partial charge in [0.1, 0.15) is 29.7 Å². The number of nitrogens with one attached hydrogen (secondary N) is 4. The number of alkyl halides is 3. The number of amides is 4. The van der Waals surface area contributed by atoms with Crippen LogP contribution in [-0.2, 0) is 19.1 Å². The summed E-state index contributed by atoms with van der Waals surface area (Å²) in [6.45, 7) is 0.837. The summed E-state index contributed by atoms with van der Waals surface area (Å²) >= 11 is 0. The van der Waals surface area contributed by atoms with Gasteiger partial charge in [-0.05, 0) is 82.3 Å². The van der Waals surface area contributed by atoms with Crippen LogP contribution in [0.15, 0.2) is 109 Å². The van der Waals surface area contributed by atoms with Crippen molar-refractivity contribution >= 4 is 24.0 Å². The van der Waals surface area contributed by atoms with E-state index in [2.05, 4.69) is 30.6 Å². The lowest BCUT2D eigenvalue weighted by Crippen LogP contribution is -2.42. The molecule has 6 aromatic rings. The lowest BCUT2D eigenvalue weighted by atomic mass is 9.93. The van der Waals surface area contributed by atoms with Gasteiger partial charge in [-0.2, -0.15) is 13.2 Å². The number of likely N-dealkylation sites (tertiary alicyclic amines) is 2. The second-order valence-electron chi connectivity index (χ2n) is 16.3. The lowest BCUT2D eigenvalue weighted by molar-refractivity contribution is -0.140. The fraction of sp³-hybridized carbons (Fsp3) is 0.292. The Morgan fingerprint density at radius 3 is 1.45 bits per heavy atom. The molecule has 1 aliphatic carbocycles. The van der Waals surface area contributed by atoms with Crippen molar-refractivity contribution in [3.05, 3.63) is 143 Å². The van der Waals surface area contributed by atoms with E-state index in [0.717, 1.165) is 0 Å². The van der Waals surface area contributed by atoms with E-state index >= 15 is 13.2 Å². The van der Waals surface area contributed by atoms with Gasteiger partial charge in [0.05, 0.1) is 50.1 Å². The first-order valence-corrected chi connectivity index (χ1v) is 21.3. The summed E-state index contributed by atoms with van der Waals surface area (Å²) in [4.78, 5) is 71.7. The van der Waals surface area contributed by atoms with Crippen LogP contribution in [0.1, 0.15) is 89.7 Å². The van der Waals surface area contributed by atoms with Crippen LogP contribution in [0.5, 0.6) is 0 Å². The van der Waals surface area contributed by atoms with E-state index < -0.39 is 48.4 Å². The van der Waals surface area contributed by atoms with Crippen LogP contribution in [0.25, 0.3) is 33.6 Å². The SMILES string of the molecule is COC(=O)N[C@@H](C(=O)N1CCC[C@@H]1c1ncc(-c2ccc3c(c2)C(C(F)(F)F)c2cc(-c4cnc([C@H]5CCCN5C(=O)[C@H](NC(=O)OC)c5ccccc5)[nH]4)ccc2-3)[nH]1)c1ccccc1. The van der Waals surface area contributed by atoms with Crippen LogP contribution in [0.3, 0.4) is 0 Å². The van der Waals surface area contributed by atoms with Gasteiger partial charge in [0.2, 0.25) is 0 Å². The minimum Gasteiger partial charge on any atom is -0.453 e. The van der Waals surface area contributed by atoms with Crippen LogP contribution in [0, 0.1) is 0 Å². The summed E-state index contributed by atoms with van der Waals surface area (Å²) in [5.74, 6) is -1.64. The summed E-state index contributed by atoms with van der Waals surface area (Å²) in [6, 6.07) is 24.8. The highest BCUT2D eigenvalue weighted by Gasteiger charge is 2.48. The summed E-state index contributed by atoms with van der Waals surface area (Å²) in [5.41, 5.74) is 4.30. The Labute approximate surface area is 371 Å². The highest BCUT2D eigenvalue weighted by Crippen LogP contribution is 2.53. The van der Waals surface area contributed by atoms with Gasteiger partial charge in [-0.15, -0.1) is 0 Å². The van der Waals surface area contributed by atoms with E-state index in [1.54, 1.807) is 107 Å². The second-order valence-corrected chi connectivity index (χ2v) is 16.3. The summed E-state index contributed by atoms with van der Waals surface area (Å²) in [5, 5.41) is 5.30. The number of imidazole rings is 2. The van der Waals surface area contributed by atoms with Crippen LogP contribution in [-0.4, -0.2) is 87.2 Å². The third-order valence-electron chi connectivity index (χ3n) is 12.5. The zero-order valence-electron chi connectivity index (χ0n) is 35.4. The number of methoxy groups -OCH3 is 2. The van der Waals surface area contributed by atoms with E-state index in [1.807, 2.05) is 12.1 Å². The normalized spacial score (nSPS) is 17.9. The zero-order valence-corrected chi connectivity index (χ0v) is 35.4. The quantitative estimate of drug-likeness (QED) is 0.106. The van der Waals surface area contributed by atoms with Crippen LogP contribution >= 0.6 is 0 Å². The molecule has 2 aliphatic heterocycles. The summed E-state index contributed by atoms with van der Waals surface area (Å²) in [6.07, 6.45) is -0.460. The molecule has 2 fully saturated rings. The molecule has 0 unspecified atom stereocenters. The van der Waals surface area contributed by atoms with Crippen molar-refractivity contribution < 1.29 is 41.8 Å². The number of carbonyl (C=O) groups excluding carboxylic acids is 4. The molecular formula is C48H45F3N8O6. The minimum absolute atomic E-state index is 0.106. The largest absolute Gasteiger partial charge is 0.453 e. The average molecular weight is 887 g/mol. The van der Waals surface area contributed by atoms with Gasteiger partial charge in [0.15, 0.2) is 0 Å². The topological polar surface area (TPSA) is 175 Å². The summed E-state index contributed by atoms with van der Waals surface area (Å²) in [7, 11) is 2.45. The van der Waals surface area contributed by atoms with Gasteiger partial charge >= 0.3 is 18.4 Å². The van der Waals surface area contributed by atoms with Crippen molar-refractivity contribution in [2.45, 2.75) is 61.9 Å². The number of rotatable bonds is 10. The maximum atomic E-state index is 15.2. The van der Waals surface area contributed by atoms with Crippen molar-refractivity contribution in [1.29, 1.82) is 0 Å². The van der Waals surface area contributed by atoms with Crippen LogP contribution in [0.4, 0.5) is 22.8 Å². The number of nitrogens with zero attached hydrogens (tertiary/aromatic N) is 4. The molecule has 2 aromatic heterocycles. The molecule has 17 heteroatoms. The first-order valence-electron chi connectivity index (χ1n) is 21.3. The number of halogens is 3. The molecule has 4 aromatic carbocycles. The second kappa shape index (κ2) is 17.6. The number of hydrogen-bond acceptors (Lipinski definition) is 8. The fourth-order valence-electron chi connectivity index (χ4n) is 9.44.